The van der Waals surface area contributed by atoms with Crippen LogP contribution in [0.25, 0.3) is 0 Å². The second kappa shape index (κ2) is 42.8. The van der Waals surface area contributed by atoms with E-state index in [0.29, 0.717) is 245 Å². The van der Waals surface area contributed by atoms with Gasteiger partial charge < -0.3 is 61.6 Å². The van der Waals surface area contributed by atoms with Crippen LogP contribution in [0.4, 0.5) is 0 Å². The number of unbranched alkanes of at least 4 members (excludes halogenated alkanes) is 11. The van der Waals surface area contributed by atoms with Crippen LogP contribution in [0.5, 0.6) is 34.5 Å². The van der Waals surface area contributed by atoms with Crippen LogP contribution in [0, 0.1) is 74.1 Å². The monoisotopic (exact) mass is 1170 g/mol. The number of nitrogens with two attached hydrogens (primary N) is 3. The Morgan fingerprint density at radius 2 is 0.558 bits per heavy atom. The van der Waals surface area contributed by atoms with Crippen molar-refractivity contribution in [2.75, 3.05) is 59.3 Å². The third-order valence-electron chi connectivity index (χ3n) is 14.5. The SMILES string of the molecule is C#CCCCCOc1cc(C(=O)NC2C[C@@H](NC(=O)c3cc(OCCCCC#C)c(CCCN)c(OCCCCC#C)c3)C[C@@H](NC(=O)c3cc(OCCCCC#C)c(CCCN)c(OCCCCC#C)c3)C2)cc(OCCCC#C)c1CCCN. The average Bonchev–Trinajstić information content (AvgIpc) is 1.68. The van der Waals surface area contributed by atoms with Crippen molar-refractivity contribution >= 4 is 17.7 Å². The number of rotatable bonds is 44. The molecule has 15 nitrogen and oxygen atoms in total. The minimum absolute atomic E-state index is 0.306. The van der Waals surface area contributed by atoms with Crippen LogP contribution >= 0.6 is 0 Å². The zero-order valence-corrected chi connectivity index (χ0v) is 50.8. The molecule has 3 aromatic rings. The number of ether oxygens (including phenoxy) is 6. The second-order valence-electron chi connectivity index (χ2n) is 21.5. The maximum Gasteiger partial charge on any atom is 0.251 e. The predicted octanol–water partition coefficient (Wildman–Crippen LogP) is 9.94. The van der Waals surface area contributed by atoms with Crippen molar-refractivity contribution in [2.24, 2.45) is 17.2 Å². The number of hydrogen-bond acceptors (Lipinski definition) is 12. The fourth-order valence-corrected chi connectivity index (χ4v) is 9.99. The molecule has 3 atom stereocenters. The van der Waals surface area contributed by atoms with Crippen LogP contribution in [0.2, 0.25) is 0 Å². The van der Waals surface area contributed by atoms with E-state index in [2.05, 4.69) is 51.5 Å². The lowest BCUT2D eigenvalue weighted by Gasteiger charge is -2.36. The van der Waals surface area contributed by atoms with Crippen molar-refractivity contribution in [2.45, 2.75) is 185 Å². The van der Waals surface area contributed by atoms with Crippen molar-refractivity contribution in [1.29, 1.82) is 0 Å². The number of carbonyl (C=O) groups is 3. The highest BCUT2D eigenvalue weighted by Crippen LogP contribution is 2.37. The molecule has 1 saturated carbocycles. The second-order valence-corrected chi connectivity index (χ2v) is 21.5. The number of amides is 3. The highest BCUT2D eigenvalue weighted by molar-refractivity contribution is 5.97. The van der Waals surface area contributed by atoms with Gasteiger partial charge in [0.05, 0.1) is 39.6 Å². The molecule has 0 heterocycles. The maximum absolute atomic E-state index is 14.8. The summed E-state index contributed by atoms with van der Waals surface area (Å²) in [5, 5.41) is 9.82. The van der Waals surface area contributed by atoms with Gasteiger partial charge in [0, 0.05) is 90.0 Å². The van der Waals surface area contributed by atoms with Gasteiger partial charge in [0.15, 0.2) is 0 Å². The summed E-state index contributed by atoms with van der Waals surface area (Å²) in [6, 6.07) is 8.78. The van der Waals surface area contributed by atoms with Gasteiger partial charge in [-0.05, 0) is 184 Å². The summed E-state index contributed by atoms with van der Waals surface area (Å²) in [6.45, 7) is 3.53. The first kappa shape index (κ1) is 70.6. The molecule has 3 aromatic carbocycles. The van der Waals surface area contributed by atoms with Crippen molar-refractivity contribution in [3.8, 4) is 109 Å². The molecule has 0 aliphatic heterocycles. The average molecular weight is 1180 g/mol. The van der Waals surface area contributed by atoms with E-state index in [4.69, 9.17) is 84.2 Å². The zero-order valence-electron chi connectivity index (χ0n) is 50.8. The fraction of sp³-hybridized carbons (Fsp3) is 0.535. The molecule has 1 aliphatic rings. The lowest BCUT2D eigenvalue weighted by Crippen LogP contribution is -2.53. The molecule has 9 N–H and O–H groups in total. The van der Waals surface area contributed by atoms with Crippen LogP contribution in [-0.4, -0.2) is 95.1 Å². The number of terminal acetylenes is 6. The van der Waals surface area contributed by atoms with E-state index in [9.17, 15) is 14.4 Å². The normalized spacial score (nSPS) is 14.1. The Hall–Kier alpha value is -7.89. The highest BCUT2D eigenvalue weighted by atomic mass is 16.5. The van der Waals surface area contributed by atoms with Crippen LogP contribution < -0.4 is 61.6 Å². The largest absolute Gasteiger partial charge is 0.493 e. The minimum Gasteiger partial charge on any atom is -0.493 e. The van der Waals surface area contributed by atoms with Gasteiger partial charge in [-0.25, -0.2) is 0 Å². The Kier molecular flexibility index (Phi) is 35.2. The van der Waals surface area contributed by atoms with E-state index in [1.165, 1.54) is 0 Å². The Morgan fingerprint density at radius 1 is 0.349 bits per heavy atom. The van der Waals surface area contributed by atoms with Gasteiger partial charge in [0.25, 0.3) is 17.7 Å². The van der Waals surface area contributed by atoms with Crippen molar-refractivity contribution in [3.63, 3.8) is 0 Å². The summed E-state index contributed by atoms with van der Waals surface area (Å²) in [5.41, 5.74) is 21.4. The van der Waals surface area contributed by atoms with Gasteiger partial charge in [-0.15, -0.1) is 74.1 Å². The van der Waals surface area contributed by atoms with Crippen LogP contribution in [-0.2, 0) is 19.3 Å². The summed E-state index contributed by atoms with van der Waals surface area (Å²) in [7, 11) is 0. The topological polar surface area (TPSA) is 221 Å². The predicted molar refractivity (Wildman–Crippen MR) is 344 cm³/mol. The summed E-state index contributed by atoms with van der Waals surface area (Å²) in [6.07, 6.45) is 49.6. The molecule has 15 heteroatoms. The maximum atomic E-state index is 14.8. The number of nitrogens with one attached hydrogen (secondary N) is 3. The molecular formula is C71H94N6O9. The summed E-state index contributed by atoms with van der Waals surface area (Å²) in [5.74, 6) is 18.0. The smallest absolute Gasteiger partial charge is 0.251 e. The molecule has 0 saturated heterocycles. The Morgan fingerprint density at radius 3 is 0.767 bits per heavy atom. The fourth-order valence-electron chi connectivity index (χ4n) is 9.99. The van der Waals surface area contributed by atoms with Crippen molar-refractivity contribution < 1.29 is 42.8 Å². The van der Waals surface area contributed by atoms with Crippen molar-refractivity contribution in [3.05, 3.63) is 69.8 Å². The Bertz CT molecular complexity index is 2610. The standard InChI is InChI=1S/C71H94N6O9/c1-7-13-19-25-40-82-64-46-54(45-63(60(64)33-30-36-72)81-39-24-18-12-6)69(78)75-57-51-58(76-70(79)55-47-65(83-41-26-20-14-8-2)61(34-31-37-73)66(48-55)84-42-27-21-15-9-3)53-59(52-57)77-71(80)56-49-67(85-43-28-22-16-10-4)62(35-32-38-74)68(50-56)86-44-29-23-17-11-5/h1-6,45-50,57-59H,13-44,51-53,72-74H2,(H,75,78)(H,76,79)(H,77,80)/t57?,58-,59+. The quantitative estimate of drug-likeness (QED) is 0.0230. The van der Waals surface area contributed by atoms with Crippen LogP contribution in [0.1, 0.15) is 195 Å². The molecule has 1 aliphatic carbocycles. The summed E-state index contributed by atoms with van der Waals surface area (Å²) >= 11 is 0. The van der Waals surface area contributed by atoms with E-state index < -0.39 is 35.8 Å². The first-order valence-electron chi connectivity index (χ1n) is 31.0. The minimum atomic E-state index is -0.554. The Labute approximate surface area is 514 Å². The van der Waals surface area contributed by atoms with Gasteiger partial charge in [0.1, 0.15) is 34.5 Å². The molecular weight excluding hydrogens is 1080 g/mol. The summed E-state index contributed by atoms with van der Waals surface area (Å²) < 4.78 is 38.4. The third kappa shape index (κ3) is 25.8. The van der Waals surface area contributed by atoms with E-state index in [0.717, 1.165) is 48.8 Å². The van der Waals surface area contributed by atoms with Gasteiger partial charge in [-0.1, -0.05) is 0 Å². The molecule has 462 valence electrons. The number of hydrogen-bond donors (Lipinski definition) is 6. The molecule has 0 bridgehead atoms. The van der Waals surface area contributed by atoms with E-state index in [1.807, 2.05) is 0 Å². The molecule has 1 unspecified atom stereocenters. The molecule has 3 amide bonds. The van der Waals surface area contributed by atoms with E-state index in [-0.39, 0.29) is 0 Å². The Balaban J connectivity index is 1.80. The van der Waals surface area contributed by atoms with Gasteiger partial charge >= 0.3 is 0 Å². The van der Waals surface area contributed by atoms with Crippen LogP contribution in [0.3, 0.4) is 0 Å². The van der Waals surface area contributed by atoms with Crippen LogP contribution in [0.15, 0.2) is 36.4 Å². The highest BCUT2D eigenvalue weighted by Gasteiger charge is 2.34. The third-order valence-corrected chi connectivity index (χ3v) is 14.5. The lowest BCUT2D eigenvalue weighted by molar-refractivity contribution is 0.0869. The molecule has 1 fully saturated rings. The molecule has 4 rings (SSSR count). The first-order chi connectivity index (χ1) is 42.1. The van der Waals surface area contributed by atoms with Gasteiger partial charge in [0.2, 0.25) is 0 Å². The molecule has 86 heavy (non-hydrogen) atoms. The zero-order chi connectivity index (χ0) is 62.0. The van der Waals surface area contributed by atoms with Crippen molar-refractivity contribution in [1.82, 2.24) is 16.0 Å². The molecule has 0 radical (unpaired) electrons. The lowest BCUT2D eigenvalue weighted by atomic mass is 9.86. The molecule has 0 spiro atoms. The molecule has 0 aromatic heterocycles. The van der Waals surface area contributed by atoms with E-state index >= 15 is 0 Å². The first-order valence-corrected chi connectivity index (χ1v) is 31.0. The number of benzene rings is 3. The van der Waals surface area contributed by atoms with Gasteiger partial charge in [-0.3, -0.25) is 14.4 Å². The number of carbonyl (C=O) groups excluding carboxylic acids is 3. The van der Waals surface area contributed by atoms with E-state index in [1.54, 1.807) is 36.4 Å². The summed E-state index contributed by atoms with van der Waals surface area (Å²) in [4.78, 5) is 44.5. The van der Waals surface area contributed by atoms with Gasteiger partial charge in [-0.2, -0.15) is 0 Å².